The molecule has 2 rings (SSSR count). The molecule has 1 aromatic rings. The summed E-state index contributed by atoms with van der Waals surface area (Å²) in [6.45, 7) is 0.654. The fraction of sp³-hybridized carbons (Fsp3) is 0.357. The van der Waals surface area contributed by atoms with E-state index < -0.39 is 4.92 Å². The first-order chi connectivity index (χ1) is 9.22. The van der Waals surface area contributed by atoms with Gasteiger partial charge in [0.25, 0.3) is 0 Å². The van der Waals surface area contributed by atoms with Gasteiger partial charge in [-0.05, 0) is 37.8 Å². The van der Waals surface area contributed by atoms with E-state index in [2.05, 4.69) is 11.4 Å². The topological polar surface area (TPSA) is 79.0 Å². The molecule has 19 heavy (non-hydrogen) atoms. The van der Waals surface area contributed by atoms with Gasteiger partial charge in [0, 0.05) is 6.54 Å². The number of anilines is 1. The molecule has 0 fully saturated rings. The minimum Gasteiger partial charge on any atom is -0.379 e. The second kappa shape index (κ2) is 6.01. The van der Waals surface area contributed by atoms with Crippen molar-refractivity contribution in [3.05, 3.63) is 45.5 Å². The van der Waals surface area contributed by atoms with Gasteiger partial charge in [0.2, 0.25) is 0 Å². The van der Waals surface area contributed by atoms with Gasteiger partial charge < -0.3 is 5.32 Å². The number of hydrogen-bond donors (Lipinski definition) is 1. The first kappa shape index (κ1) is 13.1. The highest BCUT2D eigenvalue weighted by atomic mass is 16.6. The molecule has 0 atom stereocenters. The molecule has 0 spiro atoms. The molecule has 0 saturated carbocycles. The molecule has 0 aromatic heterocycles. The Labute approximate surface area is 111 Å². The molecule has 0 bridgehead atoms. The van der Waals surface area contributed by atoms with Gasteiger partial charge in [-0.25, -0.2) is 0 Å². The summed E-state index contributed by atoms with van der Waals surface area (Å²) in [5.74, 6) is 0. The number of nitrogens with zero attached hydrogens (tertiary/aromatic N) is 2. The number of nitrogens with one attached hydrogen (secondary N) is 1. The SMILES string of the molecule is N#Cc1cccc(NCCC2=CCCC2)c1[N+](=O)[O-]. The minimum atomic E-state index is -0.504. The van der Waals surface area contributed by atoms with Crippen molar-refractivity contribution < 1.29 is 4.92 Å². The van der Waals surface area contributed by atoms with Crippen LogP contribution in [0.1, 0.15) is 31.2 Å². The lowest BCUT2D eigenvalue weighted by molar-refractivity contribution is -0.384. The van der Waals surface area contributed by atoms with E-state index in [4.69, 9.17) is 5.26 Å². The first-order valence-corrected chi connectivity index (χ1v) is 6.31. The lowest BCUT2D eigenvalue weighted by Gasteiger charge is -2.08. The number of benzene rings is 1. The Morgan fingerprint density at radius 3 is 2.95 bits per heavy atom. The highest BCUT2D eigenvalue weighted by molar-refractivity contribution is 5.68. The molecule has 1 aromatic carbocycles. The van der Waals surface area contributed by atoms with Crippen LogP contribution in [0.3, 0.4) is 0 Å². The molecular formula is C14H15N3O2. The van der Waals surface area contributed by atoms with E-state index in [1.807, 2.05) is 6.07 Å². The van der Waals surface area contributed by atoms with E-state index in [0.29, 0.717) is 12.2 Å². The monoisotopic (exact) mass is 257 g/mol. The average Bonchev–Trinajstić information content (AvgIpc) is 2.91. The van der Waals surface area contributed by atoms with E-state index in [1.54, 1.807) is 12.1 Å². The van der Waals surface area contributed by atoms with E-state index in [0.717, 1.165) is 19.3 Å². The predicted octanol–water partition coefficient (Wildman–Crippen LogP) is 3.38. The van der Waals surface area contributed by atoms with E-state index in [-0.39, 0.29) is 11.3 Å². The Bertz CT molecular complexity index is 558. The summed E-state index contributed by atoms with van der Waals surface area (Å²) in [5, 5.41) is 23.0. The number of nitro groups is 1. The van der Waals surface area contributed by atoms with Crippen molar-refractivity contribution in [1.82, 2.24) is 0 Å². The molecule has 1 aliphatic carbocycles. The maximum Gasteiger partial charge on any atom is 0.309 e. The Kier molecular flexibility index (Phi) is 4.14. The molecular weight excluding hydrogens is 242 g/mol. The van der Waals surface area contributed by atoms with E-state index >= 15 is 0 Å². The molecule has 1 aliphatic rings. The van der Waals surface area contributed by atoms with E-state index in [1.165, 1.54) is 18.1 Å². The van der Waals surface area contributed by atoms with Crippen LogP contribution in [0.15, 0.2) is 29.8 Å². The lowest BCUT2D eigenvalue weighted by Crippen LogP contribution is -2.06. The van der Waals surface area contributed by atoms with Crippen LogP contribution < -0.4 is 5.32 Å². The van der Waals surface area contributed by atoms with Gasteiger partial charge in [0.1, 0.15) is 17.3 Å². The van der Waals surface area contributed by atoms with Gasteiger partial charge >= 0.3 is 5.69 Å². The third-order valence-corrected chi connectivity index (χ3v) is 3.24. The maximum atomic E-state index is 11.0. The van der Waals surface area contributed by atoms with Crippen molar-refractivity contribution in [2.24, 2.45) is 0 Å². The second-order valence-electron chi connectivity index (χ2n) is 4.50. The zero-order valence-electron chi connectivity index (χ0n) is 10.6. The molecule has 0 saturated heterocycles. The van der Waals surface area contributed by atoms with Gasteiger partial charge in [0.05, 0.1) is 4.92 Å². The largest absolute Gasteiger partial charge is 0.379 e. The quantitative estimate of drug-likeness (QED) is 0.498. The fourth-order valence-electron chi connectivity index (χ4n) is 2.30. The fourth-order valence-corrected chi connectivity index (χ4v) is 2.30. The Balaban J connectivity index is 2.07. The number of para-hydroxylation sites is 1. The standard InChI is InChI=1S/C14H15N3O2/c15-10-12-6-3-7-13(14(12)17(18)19)16-9-8-11-4-1-2-5-11/h3-4,6-7,16H,1-2,5,8-9H2. The van der Waals surface area contributed by atoms with E-state index in [9.17, 15) is 10.1 Å². The zero-order chi connectivity index (χ0) is 13.7. The lowest BCUT2D eigenvalue weighted by atomic mass is 10.1. The second-order valence-corrected chi connectivity index (χ2v) is 4.50. The third-order valence-electron chi connectivity index (χ3n) is 3.24. The Hall–Kier alpha value is -2.35. The van der Waals surface area contributed by atoms with Crippen LogP contribution in [0.4, 0.5) is 11.4 Å². The summed E-state index contributed by atoms with van der Waals surface area (Å²) in [7, 11) is 0. The summed E-state index contributed by atoms with van der Waals surface area (Å²) in [5.41, 5.74) is 1.79. The molecule has 5 nitrogen and oxygen atoms in total. The molecule has 0 amide bonds. The van der Waals surface area contributed by atoms with Gasteiger partial charge in [-0.15, -0.1) is 0 Å². The highest BCUT2D eigenvalue weighted by Crippen LogP contribution is 2.28. The summed E-state index contributed by atoms with van der Waals surface area (Å²) in [6, 6.07) is 6.61. The maximum absolute atomic E-state index is 11.0. The normalized spacial score (nSPS) is 13.7. The van der Waals surface area contributed by atoms with Crippen LogP contribution in [0.5, 0.6) is 0 Å². The number of hydrogen-bond acceptors (Lipinski definition) is 4. The molecule has 0 unspecified atom stereocenters. The highest BCUT2D eigenvalue weighted by Gasteiger charge is 2.19. The average molecular weight is 257 g/mol. The van der Waals surface area contributed by atoms with Gasteiger partial charge in [-0.3, -0.25) is 10.1 Å². The van der Waals surface area contributed by atoms with Crippen molar-refractivity contribution in [2.75, 3.05) is 11.9 Å². The summed E-state index contributed by atoms with van der Waals surface area (Å²) < 4.78 is 0. The van der Waals surface area contributed by atoms with Crippen LogP contribution in [-0.2, 0) is 0 Å². The van der Waals surface area contributed by atoms with Gasteiger partial charge in [-0.1, -0.05) is 17.7 Å². The summed E-state index contributed by atoms with van der Waals surface area (Å²) >= 11 is 0. The molecule has 0 heterocycles. The van der Waals surface area contributed by atoms with Gasteiger partial charge in [-0.2, -0.15) is 5.26 Å². The van der Waals surface area contributed by atoms with Crippen molar-refractivity contribution in [1.29, 1.82) is 5.26 Å². The first-order valence-electron chi connectivity index (χ1n) is 6.31. The zero-order valence-corrected chi connectivity index (χ0v) is 10.6. The van der Waals surface area contributed by atoms with Crippen molar-refractivity contribution in [3.63, 3.8) is 0 Å². The van der Waals surface area contributed by atoms with Crippen molar-refractivity contribution in [3.8, 4) is 6.07 Å². The predicted molar refractivity (Wildman–Crippen MR) is 72.9 cm³/mol. The molecule has 0 radical (unpaired) electrons. The van der Waals surface area contributed by atoms with Gasteiger partial charge in [0.15, 0.2) is 0 Å². The Morgan fingerprint density at radius 2 is 2.32 bits per heavy atom. The Morgan fingerprint density at radius 1 is 1.47 bits per heavy atom. The van der Waals surface area contributed by atoms with Crippen molar-refractivity contribution >= 4 is 11.4 Å². The van der Waals surface area contributed by atoms with Crippen LogP contribution in [0.2, 0.25) is 0 Å². The van der Waals surface area contributed by atoms with Crippen LogP contribution >= 0.6 is 0 Å². The number of nitriles is 1. The molecule has 0 aliphatic heterocycles. The number of allylic oxidation sites excluding steroid dienone is 1. The third kappa shape index (κ3) is 3.10. The molecule has 1 N–H and O–H groups in total. The minimum absolute atomic E-state index is 0.0927. The number of rotatable bonds is 5. The summed E-state index contributed by atoms with van der Waals surface area (Å²) in [6.07, 6.45) is 6.61. The molecule has 5 heteroatoms. The van der Waals surface area contributed by atoms with Crippen molar-refractivity contribution in [2.45, 2.75) is 25.7 Å². The molecule has 98 valence electrons. The van der Waals surface area contributed by atoms with Crippen LogP contribution in [0, 0.1) is 21.4 Å². The smallest absolute Gasteiger partial charge is 0.309 e. The van der Waals surface area contributed by atoms with Crippen LogP contribution in [0.25, 0.3) is 0 Å². The van der Waals surface area contributed by atoms with Crippen LogP contribution in [-0.4, -0.2) is 11.5 Å². The summed E-state index contributed by atoms with van der Waals surface area (Å²) in [4.78, 5) is 10.5. The number of nitro benzene ring substituents is 1.